The summed E-state index contributed by atoms with van der Waals surface area (Å²) in [5.41, 5.74) is 1.80. The van der Waals surface area contributed by atoms with Crippen molar-refractivity contribution in [2.75, 3.05) is 13.2 Å². The van der Waals surface area contributed by atoms with E-state index < -0.39 is 6.04 Å². The van der Waals surface area contributed by atoms with E-state index in [-0.39, 0.29) is 25.0 Å². The van der Waals surface area contributed by atoms with Crippen molar-refractivity contribution in [3.8, 4) is 5.75 Å². The van der Waals surface area contributed by atoms with Crippen LogP contribution in [0.2, 0.25) is 10.0 Å². The molecule has 0 fully saturated rings. The number of hydrogen-bond acceptors (Lipinski definition) is 3. The summed E-state index contributed by atoms with van der Waals surface area (Å²) >= 11 is 12.2. The highest BCUT2D eigenvalue weighted by Crippen LogP contribution is 2.23. The zero-order valence-electron chi connectivity index (χ0n) is 16.9. The molecule has 29 heavy (non-hydrogen) atoms. The van der Waals surface area contributed by atoms with Gasteiger partial charge in [0.05, 0.1) is 0 Å². The van der Waals surface area contributed by atoms with Gasteiger partial charge in [-0.1, -0.05) is 53.9 Å². The van der Waals surface area contributed by atoms with Crippen molar-refractivity contribution >= 4 is 35.0 Å². The summed E-state index contributed by atoms with van der Waals surface area (Å²) in [7, 11) is 0. The molecule has 2 amide bonds. The van der Waals surface area contributed by atoms with Gasteiger partial charge in [-0.3, -0.25) is 9.59 Å². The Kier molecular flexibility index (Phi) is 8.80. The lowest BCUT2D eigenvalue weighted by Crippen LogP contribution is -2.49. The Bertz CT molecular complexity index is 840. The quantitative estimate of drug-likeness (QED) is 0.623. The topological polar surface area (TPSA) is 58.6 Å². The second kappa shape index (κ2) is 11.1. The highest BCUT2D eigenvalue weighted by atomic mass is 35.5. The van der Waals surface area contributed by atoms with Crippen molar-refractivity contribution in [1.82, 2.24) is 10.2 Å². The van der Waals surface area contributed by atoms with Crippen LogP contribution in [-0.4, -0.2) is 35.9 Å². The van der Waals surface area contributed by atoms with Crippen molar-refractivity contribution in [2.24, 2.45) is 0 Å². The van der Waals surface area contributed by atoms with E-state index in [0.29, 0.717) is 27.9 Å². The first-order chi connectivity index (χ1) is 13.8. The number of rotatable bonds is 9. The SMILES string of the molecule is CCCNC(=O)[C@H](C)N(Cc1ccc(Cl)cc1Cl)C(=O)COc1ccc(C)cc1. The number of benzene rings is 2. The zero-order valence-corrected chi connectivity index (χ0v) is 18.4. The average molecular weight is 437 g/mol. The highest BCUT2D eigenvalue weighted by Gasteiger charge is 2.27. The average Bonchev–Trinajstić information content (AvgIpc) is 2.70. The molecule has 0 saturated carbocycles. The minimum Gasteiger partial charge on any atom is -0.484 e. The van der Waals surface area contributed by atoms with Gasteiger partial charge in [-0.05, 0) is 50.1 Å². The lowest BCUT2D eigenvalue weighted by molar-refractivity contribution is -0.142. The van der Waals surface area contributed by atoms with Gasteiger partial charge in [-0.25, -0.2) is 0 Å². The van der Waals surface area contributed by atoms with Crippen LogP contribution in [-0.2, 0) is 16.1 Å². The predicted molar refractivity (Wildman–Crippen MR) is 116 cm³/mol. The number of amides is 2. The van der Waals surface area contributed by atoms with E-state index in [9.17, 15) is 9.59 Å². The molecule has 2 aromatic rings. The van der Waals surface area contributed by atoms with Gasteiger partial charge in [0.1, 0.15) is 11.8 Å². The minimum absolute atomic E-state index is 0.173. The molecule has 0 aliphatic carbocycles. The normalized spacial score (nSPS) is 11.6. The third-order valence-electron chi connectivity index (χ3n) is 4.46. The summed E-state index contributed by atoms with van der Waals surface area (Å²) in [4.78, 5) is 26.9. The Balaban J connectivity index is 2.16. The Hall–Kier alpha value is -2.24. The van der Waals surface area contributed by atoms with Gasteiger partial charge in [0, 0.05) is 23.1 Å². The fraction of sp³-hybridized carbons (Fsp3) is 0.364. The molecule has 0 saturated heterocycles. The molecule has 0 aliphatic heterocycles. The van der Waals surface area contributed by atoms with E-state index in [1.165, 1.54) is 4.90 Å². The molecule has 1 N–H and O–H groups in total. The summed E-state index contributed by atoms with van der Waals surface area (Å²) in [5.74, 6) is 0.0628. The number of nitrogens with zero attached hydrogens (tertiary/aromatic N) is 1. The van der Waals surface area contributed by atoms with Crippen molar-refractivity contribution < 1.29 is 14.3 Å². The molecule has 0 spiro atoms. The van der Waals surface area contributed by atoms with Crippen LogP contribution in [0.1, 0.15) is 31.4 Å². The van der Waals surface area contributed by atoms with E-state index in [1.807, 2.05) is 26.0 Å². The molecule has 2 rings (SSSR count). The number of halogens is 2. The van der Waals surface area contributed by atoms with Crippen LogP contribution in [0, 0.1) is 6.92 Å². The number of carbonyl (C=O) groups is 2. The van der Waals surface area contributed by atoms with Crippen LogP contribution in [0.15, 0.2) is 42.5 Å². The molecule has 156 valence electrons. The van der Waals surface area contributed by atoms with Gasteiger partial charge in [0.15, 0.2) is 6.61 Å². The molecule has 2 aromatic carbocycles. The molecule has 0 heterocycles. The first-order valence-corrected chi connectivity index (χ1v) is 10.3. The van der Waals surface area contributed by atoms with Crippen LogP contribution >= 0.6 is 23.2 Å². The number of hydrogen-bond donors (Lipinski definition) is 1. The summed E-state index contributed by atoms with van der Waals surface area (Å²) in [6.45, 7) is 6.18. The Labute approximate surface area is 181 Å². The van der Waals surface area contributed by atoms with Crippen LogP contribution in [0.3, 0.4) is 0 Å². The molecular formula is C22H26Cl2N2O3. The van der Waals surface area contributed by atoms with Crippen molar-refractivity contribution in [2.45, 2.75) is 39.8 Å². The van der Waals surface area contributed by atoms with E-state index in [2.05, 4.69) is 5.32 Å². The second-order valence-corrected chi connectivity index (χ2v) is 7.67. The Morgan fingerprint density at radius 2 is 1.83 bits per heavy atom. The van der Waals surface area contributed by atoms with Crippen LogP contribution in [0.5, 0.6) is 5.75 Å². The lowest BCUT2D eigenvalue weighted by Gasteiger charge is -2.29. The molecule has 0 radical (unpaired) electrons. The largest absolute Gasteiger partial charge is 0.484 e. The van der Waals surface area contributed by atoms with E-state index in [4.69, 9.17) is 27.9 Å². The zero-order chi connectivity index (χ0) is 21.4. The maximum Gasteiger partial charge on any atom is 0.261 e. The third-order valence-corrected chi connectivity index (χ3v) is 5.04. The summed E-state index contributed by atoms with van der Waals surface area (Å²) in [5, 5.41) is 3.78. The smallest absolute Gasteiger partial charge is 0.261 e. The van der Waals surface area contributed by atoms with Crippen molar-refractivity contribution in [3.05, 3.63) is 63.6 Å². The molecule has 0 unspecified atom stereocenters. The van der Waals surface area contributed by atoms with Gasteiger partial charge in [-0.15, -0.1) is 0 Å². The van der Waals surface area contributed by atoms with Crippen LogP contribution < -0.4 is 10.1 Å². The predicted octanol–water partition coefficient (Wildman–Crippen LogP) is 4.62. The fourth-order valence-electron chi connectivity index (χ4n) is 2.67. The Morgan fingerprint density at radius 3 is 2.45 bits per heavy atom. The molecule has 5 nitrogen and oxygen atoms in total. The number of nitrogens with one attached hydrogen (secondary N) is 1. The lowest BCUT2D eigenvalue weighted by atomic mass is 10.1. The molecule has 0 aliphatic rings. The minimum atomic E-state index is -0.678. The van der Waals surface area contributed by atoms with E-state index >= 15 is 0 Å². The number of aryl methyl sites for hydroxylation is 1. The van der Waals surface area contributed by atoms with Gasteiger partial charge in [-0.2, -0.15) is 0 Å². The van der Waals surface area contributed by atoms with Gasteiger partial charge in [0.2, 0.25) is 5.91 Å². The molecule has 1 atom stereocenters. The maximum atomic E-state index is 12.9. The molecule has 7 heteroatoms. The highest BCUT2D eigenvalue weighted by molar-refractivity contribution is 6.35. The molecular weight excluding hydrogens is 411 g/mol. The van der Waals surface area contributed by atoms with Crippen molar-refractivity contribution in [3.63, 3.8) is 0 Å². The third kappa shape index (κ3) is 6.94. The fourth-order valence-corrected chi connectivity index (χ4v) is 3.14. The standard InChI is InChI=1S/C22H26Cl2N2O3/c1-4-11-25-22(28)16(3)26(13-17-7-8-18(23)12-20(17)24)21(27)14-29-19-9-5-15(2)6-10-19/h5-10,12,16H,4,11,13-14H2,1-3H3,(H,25,28)/t16-/m0/s1. The first kappa shape index (κ1) is 23.0. The number of carbonyl (C=O) groups excluding carboxylic acids is 2. The molecule has 0 aromatic heterocycles. The summed E-state index contributed by atoms with van der Waals surface area (Å²) in [6.07, 6.45) is 0.811. The monoisotopic (exact) mass is 436 g/mol. The summed E-state index contributed by atoms with van der Waals surface area (Å²) in [6, 6.07) is 11.8. The van der Waals surface area contributed by atoms with Crippen LogP contribution in [0.4, 0.5) is 0 Å². The summed E-state index contributed by atoms with van der Waals surface area (Å²) < 4.78 is 5.62. The van der Waals surface area contributed by atoms with Gasteiger partial charge in [0.25, 0.3) is 5.91 Å². The first-order valence-electron chi connectivity index (χ1n) is 9.52. The van der Waals surface area contributed by atoms with E-state index in [0.717, 1.165) is 12.0 Å². The van der Waals surface area contributed by atoms with Gasteiger partial charge < -0.3 is 15.0 Å². The maximum absolute atomic E-state index is 12.9. The van der Waals surface area contributed by atoms with Crippen molar-refractivity contribution in [1.29, 1.82) is 0 Å². The van der Waals surface area contributed by atoms with Crippen LogP contribution in [0.25, 0.3) is 0 Å². The van der Waals surface area contributed by atoms with Gasteiger partial charge >= 0.3 is 0 Å². The van der Waals surface area contributed by atoms with E-state index in [1.54, 1.807) is 37.3 Å². The second-order valence-electron chi connectivity index (χ2n) is 6.83. The molecule has 0 bridgehead atoms. The Morgan fingerprint density at radius 1 is 1.14 bits per heavy atom. The number of ether oxygens (including phenoxy) is 1.